The molecule has 0 bridgehead atoms. The minimum atomic E-state index is -1.49. The molecule has 0 aliphatic rings. The van der Waals surface area contributed by atoms with Crippen LogP contribution in [0.25, 0.3) is 11.1 Å². The van der Waals surface area contributed by atoms with Crippen molar-refractivity contribution >= 4 is 5.69 Å². The number of nitrogens with two attached hydrogens (primary N) is 1. The summed E-state index contributed by atoms with van der Waals surface area (Å²) in [6.07, 6.45) is 0. The summed E-state index contributed by atoms with van der Waals surface area (Å²) in [5.74, 6) is -3.92. The van der Waals surface area contributed by atoms with Crippen molar-refractivity contribution in [2.24, 2.45) is 0 Å². The van der Waals surface area contributed by atoms with Gasteiger partial charge in [0, 0.05) is 16.8 Å². The lowest BCUT2D eigenvalue weighted by atomic mass is 10.0. The molecule has 82 valence electrons. The van der Waals surface area contributed by atoms with Gasteiger partial charge in [0.2, 0.25) is 0 Å². The Labute approximate surface area is 90.3 Å². The molecule has 0 aliphatic heterocycles. The lowest BCUT2D eigenvalue weighted by molar-refractivity contribution is 0.449. The molecule has 0 unspecified atom stereocenters. The molecule has 2 N–H and O–H groups in total. The van der Waals surface area contributed by atoms with E-state index in [0.29, 0.717) is 11.3 Å². The van der Waals surface area contributed by atoms with Crippen molar-refractivity contribution in [3.63, 3.8) is 0 Å². The number of anilines is 1. The maximum absolute atomic E-state index is 13.5. The Balaban J connectivity index is 2.66. The van der Waals surface area contributed by atoms with Gasteiger partial charge in [-0.2, -0.15) is 0 Å². The molecule has 2 aromatic rings. The van der Waals surface area contributed by atoms with Crippen molar-refractivity contribution in [3.05, 3.63) is 53.8 Å². The molecule has 2 aromatic carbocycles. The third-order valence-electron chi connectivity index (χ3n) is 2.29. The lowest BCUT2D eigenvalue weighted by Crippen LogP contribution is -1.96. The highest BCUT2D eigenvalue weighted by molar-refractivity contribution is 5.76. The van der Waals surface area contributed by atoms with E-state index in [4.69, 9.17) is 5.73 Å². The zero-order chi connectivity index (χ0) is 11.7. The van der Waals surface area contributed by atoms with E-state index in [0.717, 1.165) is 6.07 Å². The minimum absolute atomic E-state index is 0.0444. The zero-order valence-corrected chi connectivity index (χ0v) is 8.18. The van der Waals surface area contributed by atoms with E-state index < -0.39 is 17.5 Å². The quantitative estimate of drug-likeness (QED) is 0.582. The Morgan fingerprint density at radius 3 is 2.12 bits per heavy atom. The average Bonchev–Trinajstić information content (AvgIpc) is 2.28. The highest BCUT2D eigenvalue weighted by Gasteiger charge is 2.15. The Bertz CT molecular complexity index is 538. The molecule has 0 fully saturated rings. The summed E-state index contributed by atoms with van der Waals surface area (Å²) in [7, 11) is 0. The second-order valence-electron chi connectivity index (χ2n) is 3.31. The van der Waals surface area contributed by atoms with Crippen LogP contribution in [-0.4, -0.2) is 0 Å². The topological polar surface area (TPSA) is 26.0 Å². The van der Waals surface area contributed by atoms with E-state index in [1.807, 2.05) is 0 Å². The summed E-state index contributed by atoms with van der Waals surface area (Å²) >= 11 is 0. The van der Waals surface area contributed by atoms with E-state index in [2.05, 4.69) is 0 Å². The fraction of sp³-hybridized carbons (Fsp3) is 0. The second kappa shape index (κ2) is 3.89. The first-order chi connectivity index (χ1) is 7.61. The summed E-state index contributed by atoms with van der Waals surface area (Å²) in [5, 5.41) is 0. The van der Waals surface area contributed by atoms with Crippen LogP contribution in [0.15, 0.2) is 36.4 Å². The number of hydrogen-bond acceptors (Lipinski definition) is 1. The summed E-state index contributed by atoms with van der Waals surface area (Å²) in [4.78, 5) is 0. The molecule has 4 heteroatoms. The van der Waals surface area contributed by atoms with Gasteiger partial charge in [0.15, 0.2) is 17.5 Å². The van der Waals surface area contributed by atoms with E-state index in [1.165, 1.54) is 6.07 Å². The number of nitrogen functional groups attached to an aromatic ring is 1. The Kier molecular flexibility index (Phi) is 2.56. The third kappa shape index (κ3) is 1.62. The van der Waals surface area contributed by atoms with Gasteiger partial charge in [-0.25, -0.2) is 13.2 Å². The monoisotopic (exact) mass is 223 g/mol. The van der Waals surface area contributed by atoms with Gasteiger partial charge in [0.25, 0.3) is 0 Å². The number of halogens is 3. The Morgan fingerprint density at radius 1 is 0.750 bits per heavy atom. The molecule has 0 aliphatic carbocycles. The van der Waals surface area contributed by atoms with Gasteiger partial charge in [-0.1, -0.05) is 18.2 Å². The van der Waals surface area contributed by atoms with Crippen LogP contribution >= 0.6 is 0 Å². The Hall–Kier alpha value is -1.97. The molecule has 1 nitrogen and oxygen atoms in total. The van der Waals surface area contributed by atoms with Gasteiger partial charge in [0.05, 0.1) is 0 Å². The van der Waals surface area contributed by atoms with Gasteiger partial charge in [-0.15, -0.1) is 0 Å². The Morgan fingerprint density at radius 2 is 1.44 bits per heavy atom. The molecule has 2 rings (SSSR count). The molecular weight excluding hydrogens is 215 g/mol. The smallest absolute Gasteiger partial charge is 0.195 e. The molecule has 0 aromatic heterocycles. The molecule has 0 saturated carbocycles. The molecule has 0 atom stereocenters. The van der Waals surface area contributed by atoms with Gasteiger partial charge in [-0.05, 0) is 18.2 Å². The van der Waals surface area contributed by atoms with Crippen LogP contribution in [0.1, 0.15) is 0 Å². The van der Waals surface area contributed by atoms with Crippen molar-refractivity contribution < 1.29 is 13.2 Å². The van der Waals surface area contributed by atoms with Crippen LogP contribution in [0.5, 0.6) is 0 Å². The maximum atomic E-state index is 13.5. The van der Waals surface area contributed by atoms with Crippen molar-refractivity contribution in [1.82, 2.24) is 0 Å². The van der Waals surface area contributed by atoms with Gasteiger partial charge in [0.1, 0.15) is 0 Å². The number of hydrogen-bond donors (Lipinski definition) is 1. The summed E-state index contributed by atoms with van der Waals surface area (Å²) in [6.45, 7) is 0. The van der Waals surface area contributed by atoms with Crippen LogP contribution in [0.2, 0.25) is 0 Å². The van der Waals surface area contributed by atoms with Crippen LogP contribution in [-0.2, 0) is 0 Å². The van der Waals surface area contributed by atoms with Crippen molar-refractivity contribution in [2.45, 2.75) is 0 Å². The van der Waals surface area contributed by atoms with Crippen molar-refractivity contribution in [2.75, 3.05) is 5.73 Å². The van der Waals surface area contributed by atoms with E-state index in [1.54, 1.807) is 24.3 Å². The normalized spacial score (nSPS) is 10.4. The summed E-state index contributed by atoms with van der Waals surface area (Å²) in [5.41, 5.74) is 6.24. The zero-order valence-electron chi connectivity index (χ0n) is 8.18. The third-order valence-corrected chi connectivity index (χ3v) is 2.29. The lowest BCUT2D eigenvalue weighted by Gasteiger charge is -2.07. The predicted octanol–water partition coefficient (Wildman–Crippen LogP) is 3.35. The van der Waals surface area contributed by atoms with Gasteiger partial charge in [-0.3, -0.25) is 0 Å². The first kappa shape index (κ1) is 10.5. The largest absolute Gasteiger partial charge is 0.398 e. The van der Waals surface area contributed by atoms with E-state index >= 15 is 0 Å². The van der Waals surface area contributed by atoms with Crippen LogP contribution < -0.4 is 5.73 Å². The van der Waals surface area contributed by atoms with Gasteiger partial charge < -0.3 is 5.73 Å². The molecule has 0 spiro atoms. The molecule has 0 heterocycles. The molecule has 0 radical (unpaired) electrons. The van der Waals surface area contributed by atoms with Crippen molar-refractivity contribution in [1.29, 1.82) is 0 Å². The number of benzene rings is 2. The SMILES string of the molecule is Nc1ccccc1-c1ccc(F)c(F)c1F. The fourth-order valence-electron chi connectivity index (χ4n) is 1.48. The van der Waals surface area contributed by atoms with Crippen LogP contribution in [0.3, 0.4) is 0 Å². The summed E-state index contributed by atoms with van der Waals surface area (Å²) in [6, 6.07) is 8.48. The van der Waals surface area contributed by atoms with Crippen molar-refractivity contribution in [3.8, 4) is 11.1 Å². The van der Waals surface area contributed by atoms with E-state index in [-0.39, 0.29) is 5.56 Å². The number of para-hydroxylation sites is 1. The van der Waals surface area contributed by atoms with E-state index in [9.17, 15) is 13.2 Å². The first-order valence-corrected chi connectivity index (χ1v) is 4.59. The summed E-state index contributed by atoms with van der Waals surface area (Å²) < 4.78 is 39.2. The van der Waals surface area contributed by atoms with Crippen LogP contribution in [0, 0.1) is 17.5 Å². The molecule has 16 heavy (non-hydrogen) atoms. The second-order valence-corrected chi connectivity index (χ2v) is 3.31. The fourth-order valence-corrected chi connectivity index (χ4v) is 1.48. The maximum Gasteiger partial charge on any atom is 0.195 e. The van der Waals surface area contributed by atoms with Crippen LogP contribution in [0.4, 0.5) is 18.9 Å². The van der Waals surface area contributed by atoms with Gasteiger partial charge >= 0.3 is 0 Å². The molecular formula is C12H8F3N. The predicted molar refractivity (Wildman–Crippen MR) is 56.2 cm³/mol. The first-order valence-electron chi connectivity index (χ1n) is 4.59. The average molecular weight is 223 g/mol. The standard InChI is InChI=1S/C12H8F3N/c13-9-6-5-8(11(14)12(9)15)7-3-1-2-4-10(7)16/h1-6H,16H2. The highest BCUT2D eigenvalue weighted by atomic mass is 19.2. The highest BCUT2D eigenvalue weighted by Crippen LogP contribution is 2.29. The molecule has 0 amide bonds. The molecule has 0 saturated heterocycles. The number of rotatable bonds is 1. The minimum Gasteiger partial charge on any atom is -0.398 e.